The number of nitrogens with one attached hydrogen (secondary N) is 1. The van der Waals surface area contributed by atoms with Gasteiger partial charge in [0.05, 0.1) is 17.8 Å². The average Bonchev–Trinajstić information content (AvgIpc) is 3.46. The fraction of sp³-hybridized carbons (Fsp3) is 0.182. The summed E-state index contributed by atoms with van der Waals surface area (Å²) in [5.74, 6) is 1.50. The van der Waals surface area contributed by atoms with Gasteiger partial charge in [-0.3, -0.25) is 0 Å². The molecule has 0 aliphatic rings. The van der Waals surface area contributed by atoms with Gasteiger partial charge in [-0.2, -0.15) is 4.68 Å². The van der Waals surface area contributed by atoms with E-state index in [9.17, 15) is 4.79 Å². The van der Waals surface area contributed by atoms with Gasteiger partial charge >= 0.3 is 5.97 Å². The highest BCUT2D eigenvalue weighted by molar-refractivity contribution is 7.99. The Bertz CT molecular complexity index is 1130. The summed E-state index contributed by atoms with van der Waals surface area (Å²) in [6.07, 6.45) is 0.955. The molecule has 0 saturated heterocycles. The maximum atomic E-state index is 11.0. The molecule has 0 atom stereocenters. The SMILES string of the molecule is Cl.O=C(O)c1ccc(-c2ccc(CNCCCSc3nnnn3-c3ccccc3)o2)cc1. The molecule has 0 bridgehead atoms. The van der Waals surface area contributed by atoms with Crippen LogP contribution in [0.4, 0.5) is 0 Å². The number of para-hydroxylation sites is 1. The van der Waals surface area contributed by atoms with Gasteiger partial charge in [0.2, 0.25) is 5.16 Å². The van der Waals surface area contributed by atoms with Crippen molar-refractivity contribution in [3.63, 3.8) is 0 Å². The normalized spacial score (nSPS) is 10.6. The van der Waals surface area contributed by atoms with Gasteiger partial charge in [0.1, 0.15) is 11.5 Å². The summed E-state index contributed by atoms with van der Waals surface area (Å²) in [4.78, 5) is 11.0. The minimum atomic E-state index is -0.939. The predicted molar refractivity (Wildman–Crippen MR) is 125 cm³/mol. The van der Waals surface area contributed by atoms with Crippen molar-refractivity contribution >= 4 is 30.1 Å². The third-order valence-electron chi connectivity index (χ3n) is 4.55. The van der Waals surface area contributed by atoms with Crippen molar-refractivity contribution < 1.29 is 14.3 Å². The zero-order valence-electron chi connectivity index (χ0n) is 17.0. The Hall–Kier alpha value is -3.14. The Morgan fingerprint density at radius 2 is 1.84 bits per heavy atom. The topological polar surface area (TPSA) is 106 Å². The lowest BCUT2D eigenvalue weighted by Gasteiger charge is -2.05. The molecule has 0 spiro atoms. The van der Waals surface area contributed by atoms with Crippen molar-refractivity contribution in [1.82, 2.24) is 25.5 Å². The number of carboxylic acid groups (broad SMARTS) is 1. The highest BCUT2D eigenvalue weighted by Gasteiger charge is 2.09. The number of thioether (sulfide) groups is 1. The number of rotatable bonds is 10. The third-order valence-corrected chi connectivity index (χ3v) is 5.55. The second kappa shape index (κ2) is 11.5. The molecule has 4 rings (SSSR count). The highest BCUT2D eigenvalue weighted by atomic mass is 35.5. The van der Waals surface area contributed by atoms with E-state index < -0.39 is 5.97 Å². The van der Waals surface area contributed by atoms with E-state index in [0.717, 1.165) is 46.6 Å². The summed E-state index contributed by atoms with van der Waals surface area (Å²) in [6, 6.07) is 20.3. The van der Waals surface area contributed by atoms with Crippen LogP contribution >= 0.6 is 24.2 Å². The van der Waals surface area contributed by atoms with Gasteiger partial charge in [-0.25, -0.2) is 4.79 Å². The van der Waals surface area contributed by atoms with Crippen molar-refractivity contribution in [1.29, 1.82) is 0 Å². The van der Waals surface area contributed by atoms with E-state index in [0.29, 0.717) is 6.54 Å². The molecule has 0 unspecified atom stereocenters. The number of carboxylic acids is 1. The van der Waals surface area contributed by atoms with Crippen LogP contribution < -0.4 is 5.32 Å². The Morgan fingerprint density at radius 1 is 1.06 bits per heavy atom. The molecule has 32 heavy (non-hydrogen) atoms. The molecule has 2 heterocycles. The van der Waals surface area contributed by atoms with E-state index in [2.05, 4.69) is 20.8 Å². The fourth-order valence-corrected chi connectivity index (χ4v) is 3.81. The van der Waals surface area contributed by atoms with Crippen molar-refractivity contribution in [3.8, 4) is 17.0 Å². The van der Waals surface area contributed by atoms with Crippen LogP contribution in [0.3, 0.4) is 0 Å². The molecule has 2 N–H and O–H groups in total. The van der Waals surface area contributed by atoms with Crippen molar-refractivity contribution in [2.75, 3.05) is 12.3 Å². The van der Waals surface area contributed by atoms with Crippen molar-refractivity contribution in [2.24, 2.45) is 0 Å². The first-order chi connectivity index (χ1) is 15.2. The highest BCUT2D eigenvalue weighted by Crippen LogP contribution is 2.23. The van der Waals surface area contributed by atoms with Gasteiger partial charge in [0.15, 0.2) is 0 Å². The van der Waals surface area contributed by atoms with Crippen LogP contribution in [-0.2, 0) is 6.54 Å². The third kappa shape index (κ3) is 5.97. The summed E-state index contributed by atoms with van der Waals surface area (Å²) in [5, 5.41) is 25.1. The zero-order valence-corrected chi connectivity index (χ0v) is 18.7. The molecule has 0 radical (unpaired) electrons. The first-order valence-electron chi connectivity index (χ1n) is 9.80. The van der Waals surface area contributed by atoms with E-state index in [1.54, 1.807) is 40.7 Å². The summed E-state index contributed by atoms with van der Waals surface area (Å²) < 4.78 is 7.60. The van der Waals surface area contributed by atoms with Crippen molar-refractivity contribution in [3.05, 3.63) is 78.1 Å². The lowest BCUT2D eigenvalue weighted by molar-refractivity contribution is 0.0697. The molecule has 0 amide bonds. The number of halogens is 1. The Morgan fingerprint density at radius 3 is 2.59 bits per heavy atom. The Kier molecular flexibility index (Phi) is 8.43. The van der Waals surface area contributed by atoms with Gasteiger partial charge in [0.25, 0.3) is 0 Å². The summed E-state index contributed by atoms with van der Waals surface area (Å²) in [6.45, 7) is 1.46. The molecule has 4 aromatic rings. The molecule has 0 fully saturated rings. The number of nitrogens with zero attached hydrogens (tertiary/aromatic N) is 4. The molecule has 166 valence electrons. The van der Waals surface area contributed by atoms with Gasteiger partial charge < -0.3 is 14.8 Å². The number of tetrazole rings is 1. The number of carbonyl (C=O) groups is 1. The minimum Gasteiger partial charge on any atom is -0.478 e. The first kappa shape index (κ1) is 23.5. The van der Waals surface area contributed by atoms with Gasteiger partial charge in [0, 0.05) is 11.3 Å². The fourth-order valence-electron chi connectivity index (χ4n) is 2.98. The molecule has 0 aliphatic carbocycles. The molecule has 8 nitrogen and oxygen atoms in total. The van der Waals surface area contributed by atoms with E-state index in [1.165, 1.54) is 0 Å². The van der Waals surface area contributed by atoms with E-state index in [4.69, 9.17) is 9.52 Å². The van der Waals surface area contributed by atoms with E-state index in [-0.39, 0.29) is 18.0 Å². The summed E-state index contributed by atoms with van der Waals surface area (Å²) in [5.41, 5.74) is 2.05. The quantitative estimate of drug-likeness (QED) is 0.260. The van der Waals surface area contributed by atoms with Gasteiger partial charge in [-0.15, -0.1) is 17.5 Å². The molecular weight excluding hydrogens is 450 g/mol. The zero-order chi connectivity index (χ0) is 21.5. The molecule has 10 heteroatoms. The van der Waals surface area contributed by atoms with Crippen LogP contribution in [0.15, 0.2) is 76.3 Å². The first-order valence-corrected chi connectivity index (χ1v) is 10.8. The minimum absolute atomic E-state index is 0. The van der Waals surface area contributed by atoms with Crippen molar-refractivity contribution in [2.45, 2.75) is 18.1 Å². The maximum Gasteiger partial charge on any atom is 0.335 e. The average molecular weight is 472 g/mol. The largest absolute Gasteiger partial charge is 0.478 e. The summed E-state index contributed by atoms with van der Waals surface area (Å²) in [7, 11) is 0. The number of hydrogen-bond acceptors (Lipinski definition) is 7. The molecule has 0 aliphatic heterocycles. The second-order valence-electron chi connectivity index (χ2n) is 6.74. The van der Waals surface area contributed by atoms with Crippen LogP contribution in [0.25, 0.3) is 17.0 Å². The number of benzene rings is 2. The smallest absolute Gasteiger partial charge is 0.335 e. The molecule has 2 aromatic heterocycles. The lowest BCUT2D eigenvalue weighted by atomic mass is 10.1. The van der Waals surface area contributed by atoms with Crippen LogP contribution in [0.2, 0.25) is 0 Å². The maximum absolute atomic E-state index is 11.0. The number of aromatic nitrogens is 4. The van der Waals surface area contributed by atoms with E-state index in [1.807, 2.05) is 42.5 Å². The number of furan rings is 1. The van der Waals surface area contributed by atoms with Gasteiger partial charge in [-0.1, -0.05) is 42.1 Å². The lowest BCUT2D eigenvalue weighted by Crippen LogP contribution is -2.14. The standard InChI is InChI=1S/C22H21N5O3S.ClH/c28-21(29)17-9-7-16(8-10-17)20-12-11-19(30-20)15-23-13-4-14-31-22-24-25-26-27(22)18-5-2-1-3-6-18;/h1-3,5-12,23H,4,13-15H2,(H,28,29);1H. The molecular formula is C22H22ClN5O3S. The number of hydrogen-bond donors (Lipinski definition) is 2. The monoisotopic (exact) mass is 471 g/mol. The second-order valence-corrected chi connectivity index (χ2v) is 7.80. The molecule has 0 saturated carbocycles. The summed E-state index contributed by atoms with van der Waals surface area (Å²) >= 11 is 1.62. The number of aromatic carboxylic acids is 1. The molecule has 2 aromatic carbocycles. The van der Waals surface area contributed by atoms with E-state index >= 15 is 0 Å². The predicted octanol–water partition coefficient (Wildman–Crippen LogP) is 4.31. The van der Waals surface area contributed by atoms with Crippen LogP contribution in [0, 0.1) is 0 Å². The Balaban J connectivity index is 0.00000289. The van der Waals surface area contributed by atoms with Crippen LogP contribution in [0.5, 0.6) is 0 Å². The van der Waals surface area contributed by atoms with Crippen LogP contribution in [0.1, 0.15) is 22.5 Å². The van der Waals surface area contributed by atoms with Gasteiger partial charge in [-0.05, 0) is 59.8 Å². The van der Waals surface area contributed by atoms with Crippen LogP contribution in [-0.4, -0.2) is 43.6 Å². The Labute approximate surface area is 195 Å².